The predicted octanol–water partition coefficient (Wildman–Crippen LogP) is -0.534. The minimum atomic E-state index is -1.00. The van der Waals surface area contributed by atoms with E-state index in [1.165, 1.54) is 10.8 Å². The summed E-state index contributed by atoms with van der Waals surface area (Å²) in [6.07, 6.45) is -0.590. The summed E-state index contributed by atoms with van der Waals surface area (Å²) in [6, 6.07) is 5.01. The number of aliphatic hydroxyl groups excluding tert-OH is 1. The number of aliphatic hydroxyl groups is 1. The number of hydrogen-bond acceptors (Lipinski definition) is 7. The lowest BCUT2D eigenvalue weighted by Gasteiger charge is -2.30. The first-order valence-electron chi connectivity index (χ1n) is 7.29. The van der Waals surface area contributed by atoms with Crippen molar-refractivity contribution in [2.24, 2.45) is 5.73 Å². The van der Waals surface area contributed by atoms with Crippen molar-refractivity contribution < 1.29 is 19.3 Å². The monoisotopic (exact) mass is 321 g/mol. The highest BCUT2D eigenvalue weighted by Gasteiger charge is 2.27. The van der Waals surface area contributed by atoms with E-state index in [2.05, 4.69) is 4.98 Å². The van der Waals surface area contributed by atoms with Crippen molar-refractivity contribution in [3.63, 3.8) is 0 Å². The van der Waals surface area contributed by atoms with Gasteiger partial charge in [0.1, 0.15) is 11.9 Å². The van der Waals surface area contributed by atoms with Gasteiger partial charge in [-0.25, -0.2) is 4.98 Å². The van der Waals surface area contributed by atoms with Crippen molar-refractivity contribution in [2.45, 2.75) is 25.0 Å². The number of benzene rings is 1. The van der Waals surface area contributed by atoms with Gasteiger partial charge in [-0.05, 0) is 12.1 Å². The highest BCUT2D eigenvalue weighted by atomic mass is 16.7. The van der Waals surface area contributed by atoms with E-state index in [9.17, 15) is 9.90 Å². The number of hydrogen-bond donors (Lipinski definition) is 2. The Hall–Kier alpha value is -2.00. The van der Waals surface area contributed by atoms with E-state index in [1.54, 1.807) is 25.3 Å². The van der Waals surface area contributed by atoms with Crippen molar-refractivity contribution in [3.05, 3.63) is 34.7 Å². The van der Waals surface area contributed by atoms with Crippen LogP contribution in [0.15, 0.2) is 29.2 Å². The van der Waals surface area contributed by atoms with E-state index < -0.39 is 12.4 Å². The van der Waals surface area contributed by atoms with E-state index in [4.69, 9.17) is 19.9 Å². The number of aromatic nitrogens is 2. The molecule has 23 heavy (non-hydrogen) atoms. The van der Waals surface area contributed by atoms with Crippen LogP contribution in [0.25, 0.3) is 11.0 Å². The quantitative estimate of drug-likeness (QED) is 0.779. The number of nitrogens with zero attached hydrogens (tertiary/aromatic N) is 2. The second-order valence-corrected chi connectivity index (χ2v) is 5.42. The number of fused-ring (bicyclic) bond motifs is 1. The summed E-state index contributed by atoms with van der Waals surface area (Å²) in [5, 5.41) is 10.3. The van der Waals surface area contributed by atoms with E-state index in [0.29, 0.717) is 30.0 Å². The Morgan fingerprint density at radius 1 is 1.48 bits per heavy atom. The molecule has 1 fully saturated rings. The summed E-state index contributed by atoms with van der Waals surface area (Å²) < 4.78 is 17.3. The highest BCUT2D eigenvalue weighted by molar-refractivity contribution is 5.76. The molecule has 1 saturated heterocycles. The summed E-state index contributed by atoms with van der Waals surface area (Å²) in [7, 11) is 1.54. The second kappa shape index (κ2) is 6.63. The molecule has 3 rings (SSSR count). The van der Waals surface area contributed by atoms with Crippen molar-refractivity contribution in [3.8, 4) is 5.75 Å². The first-order valence-corrected chi connectivity index (χ1v) is 7.29. The lowest BCUT2D eigenvalue weighted by atomic mass is 10.2. The minimum Gasteiger partial charge on any atom is -0.497 e. The van der Waals surface area contributed by atoms with E-state index in [0.717, 1.165) is 0 Å². The molecule has 2 heterocycles. The van der Waals surface area contributed by atoms with Crippen LogP contribution in [0.2, 0.25) is 0 Å². The predicted molar refractivity (Wildman–Crippen MR) is 82.2 cm³/mol. The van der Waals surface area contributed by atoms with Gasteiger partial charge in [-0.2, -0.15) is 0 Å². The molecule has 1 aliphatic rings. The molecule has 1 aromatic heterocycles. The average molecular weight is 321 g/mol. The molecule has 0 spiro atoms. The molecular formula is C15H19N3O5. The zero-order chi connectivity index (χ0) is 16.4. The van der Waals surface area contributed by atoms with Crippen LogP contribution in [-0.4, -0.2) is 53.4 Å². The van der Waals surface area contributed by atoms with Gasteiger partial charge in [0.25, 0.3) is 5.56 Å². The van der Waals surface area contributed by atoms with Crippen molar-refractivity contribution in [1.29, 1.82) is 0 Å². The molecule has 0 amide bonds. The third kappa shape index (κ3) is 3.35. The number of methoxy groups -OCH3 is 1. The first-order chi connectivity index (χ1) is 11.1. The largest absolute Gasteiger partial charge is 0.497 e. The molecule has 124 valence electrons. The zero-order valence-electron chi connectivity index (χ0n) is 12.7. The Balaban J connectivity index is 1.89. The van der Waals surface area contributed by atoms with Crippen LogP contribution in [0.3, 0.4) is 0 Å². The SMILES string of the molecule is COc1ccc2ncc(=O)n(CC(O)C3OCC(N)CO3)c2c1. The van der Waals surface area contributed by atoms with E-state index in [-0.39, 0.29) is 18.1 Å². The van der Waals surface area contributed by atoms with Crippen LogP contribution >= 0.6 is 0 Å². The third-order valence-corrected chi connectivity index (χ3v) is 3.69. The Morgan fingerprint density at radius 2 is 2.22 bits per heavy atom. The Kier molecular flexibility index (Phi) is 4.58. The van der Waals surface area contributed by atoms with Gasteiger partial charge >= 0.3 is 0 Å². The van der Waals surface area contributed by atoms with Crippen LogP contribution < -0.4 is 16.0 Å². The average Bonchev–Trinajstić information content (AvgIpc) is 2.57. The summed E-state index contributed by atoms with van der Waals surface area (Å²) in [5.41, 5.74) is 6.55. The smallest absolute Gasteiger partial charge is 0.269 e. The summed E-state index contributed by atoms with van der Waals surface area (Å²) in [4.78, 5) is 16.2. The molecule has 3 N–H and O–H groups in total. The second-order valence-electron chi connectivity index (χ2n) is 5.42. The molecule has 0 bridgehead atoms. The lowest BCUT2D eigenvalue weighted by Crippen LogP contribution is -2.47. The number of ether oxygens (including phenoxy) is 3. The van der Waals surface area contributed by atoms with Gasteiger partial charge in [0, 0.05) is 6.07 Å². The summed E-state index contributed by atoms with van der Waals surface area (Å²) in [5.74, 6) is 0.601. The van der Waals surface area contributed by atoms with Crippen LogP contribution in [-0.2, 0) is 16.0 Å². The Labute approximate surface area is 132 Å². The van der Waals surface area contributed by atoms with Gasteiger partial charge in [0.05, 0.1) is 50.1 Å². The highest BCUT2D eigenvalue weighted by Crippen LogP contribution is 2.19. The van der Waals surface area contributed by atoms with Crippen molar-refractivity contribution in [1.82, 2.24) is 9.55 Å². The molecule has 8 nitrogen and oxygen atoms in total. The number of rotatable bonds is 4. The van der Waals surface area contributed by atoms with Crippen LogP contribution in [0.1, 0.15) is 0 Å². The molecule has 2 aromatic rings. The zero-order valence-corrected chi connectivity index (χ0v) is 12.7. The molecule has 1 aliphatic heterocycles. The summed E-state index contributed by atoms with van der Waals surface area (Å²) in [6.45, 7) is 0.633. The molecule has 1 aromatic carbocycles. The first kappa shape index (κ1) is 15.9. The van der Waals surface area contributed by atoms with Gasteiger partial charge in [-0.1, -0.05) is 0 Å². The molecule has 1 atom stereocenters. The van der Waals surface area contributed by atoms with E-state index in [1.807, 2.05) is 0 Å². The standard InChI is InChI=1S/C15H19N3O5/c1-21-10-2-3-11-12(4-10)18(14(20)5-17-11)6-13(19)15-22-7-9(16)8-23-15/h2-5,9,13,15,19H,6-8,16H2,1H3. The lowest BCUT2D eigenvalue weighted by molar-refractivity contribution is -0.229. The molecule has 0 aliphatic carbocycles. The fraction of sp³-hybridized carbons (Fsp3) is 0.467. The van der Waals surface area contributed by atoms with E-state index >= 15 is 0 Å². The summed E-state index contributed by atoms with van der Waals surface area (Å²) >= 11 is 0. The van der Waals surface area contributed by atoms with Gasteiger partial charge in [0.15, 0.2) is 6.29 Å². The molecule has 0 saturated carbocycles. The van der Waals surface area contributed by atoms with Crippen LogP contribution in [0.5, 0.6) is 5.75 Å². The van der Waals surface area contributed by atoms with Crippen LogP contribution in [0.4, 0.5) is 0 Å². The number of nitrogens with two attached hydrogens (primary N) is 1. The Bertz CT molecular complexity index is 739. The molecular weight excluding hydrogens is 302 g/mol. The fourth-order valence-corrected chi connectivity index (χ4v) is 2.49. The third-order valence-electron chi connectivity index (χ3n) is 3.69. The van der Waals surface area contributed by atoms with Gasteiger partial charge < -0.3 is 29.6 Å². The topological polar surface area (TPSA) is 109 Å². The minimum absolute atomic E-state index is 0.0188. The van der Waals surface area contributed by atoms with Gasteiger partial charge in [0.2, 0.25) is 0 Å². The normalized spacial score (nSPS) is 22.9. The van der Waals surface area contributed by atoms with Crippen molar-refractivity contribution in [2.75, 3.05) is 20.3 Å². The maximum atomic E-state index is 12.2. The Morgan fingerprint density at radius 3 is 2.91 bits per heavy atom. The molecule has 1 unspecified atom stereocenters. The van der Waals surface area contributed by atoms with Gasteiger partial charge in [-0.15, -0.1) is 0 Å². The van der Waals surface area contributed by atoms with Crippen molar-refractivity contribution >= 4 is 11.0 Å². The fourth-order valence-electron chi connectivity index (χ4n) is 2.49. The maximum absolute atomic E-state index is 12.2. The maximum Gasteiger partial charge on any atom is 0.269 e. The van der Waals surface area contributed by atoms with Crippen LogP contribution in [0, 0.1) is 0 Å². The molecule has 0 radical (unpaired) electrons. The van der Waals surface area contributed by atoms with Gasteiger partial charge in [-0.3, -0.25) is 4.79 Å². The molecule has 8 heteroatoms.